The van der Waals surface area contributed by atoms with Crippen LogP contribution in [0.5, 0.6) is 0 Å². The van der Waals surface area contributed by atoms with E-state index in [9.17, 15) is 4.39 Å². The maximum atomic E-state index is 13.3. The van der Waals surface area contributed by atoms with Crippen LogP contribution in [0.15, 0.2) is 24.4 Å². The summed E-state index contributed by atoms with van der Waals surface area (Å²) in [5.74, 6) is 0.696. The van der Waals surface area contributed by atoms with E-state index >= 15 is 0 Å². The summed E-state index contributed by atoms with van der Waals surface area (Å²) in [4.78, 5) is 3.01. The van der Waals surface area contributed by atoms with Crippen LogP contribution in [-0.4, -0.2) is 4.98 Å². The summed E-state index contributed by atoms with van der Waals surface area (Å²) in [7, 11) is 0. The molecule has 1 aliphatic rings. The molecule has 1 aliphatic carbocycles. The molecule has 0 aliphatic heterocycles. The van der Waals surface area contributed by atoms with Crippen molar-refractivity contribution < 1.29 is 4.39 Å². The van der Waals surface area contributed by atoms with Crippen LogP contribution in [0.4, 0.5) is 4.39 Å². The van der Waals surface area contributed by atoms with Gasteiger partial charge in [0.2, 0.25) is 0 Å². The second kappa shape index (κ2) is 2.84. The van der Waals surface area contributed by atoms with Crippen molar-refractivity contribution in [2.45, 2.75) is 19.3 Å². The topological polar surface area (TPSA) is 15.8 Å². The second-order valence-corrected chi connectivity index (χ2v) is 4.12. The number of halogens is 1. The Bertz CT molecular complexity index is 468. The molecule has 0 spiro atoms. The Labute approximate surface area is 81.9 Å². The summed E-state index contributed by atoms with van der Waals surface area (Å²) in [5, 5.41) is 1.05. The van der Waals surface area contributed by atoms with E-state index in [0.29, 0.717) is 5.52 Å². The van der Waals surface area contributed by atoms with Crippen molar-refractivity contribution in [3.8, 4) is 0 Å². The maximum Gasteiger partial charge on any atom is 0.147 e. The average molecular weight is 189 g/mol. The number of nitrogens with one attached hydrogen (secondary N) is 1. The van der Waals surface area contributed by atoms with Gasteiger partial charge < -0.3 is 4.98 Å². The van der Waals surface area contributed by atoms with Crippen LogP contribution in [0.25, 0.3) is 10.9 Å². The Balaban J connectivity index is 2.10. The number of hydrogen-bond donors (Lipinski definition) is 1. The lowest BCUT2D eigenvalue weighted by Gasteiger charge is -1.96. The predicted octanol–water partition coefficient (Wildman–Crippen LogP) is 3.26. The number of fused-ring (bicyclic) bond motifs is 1. The van der Waals surface area contributed by atoms with E-state index in [2.05, 4.69) is 4.98 Å². The van der Waals surface area contributed by atoms with E-state index < -0.39 is 0 Å². The highest BCUT2D eigenvalue weighted by Crippen LogP contribution is 2.34. The fourth-order valence-electron chi connectivity index (χ4n) is 1.98. The van der Waals surface area contributed by atoms with Gasteiger partial charge in [0.05, 0.1) is 5.52 Å². The molecular weight excluding hydrogens is 177 g/mol. The highest BCUT2D eigenvalue weighted by atomic mass is 19.1. The van der Waals surface area contributed by atoms with Crippen LogP contribution in [0.3, 0.4) is 0 Å². The maximum absolute atomic E-state index is 13.3. The lowest BCUT2D eigenvalue weighted by atomic mass is 10.1. The van der Waals surface area contributed by atoms with Gasteiger partial charge in [0.25, 0.3) is 0 Å². The van der Waals surface area contributed by atoms with Gasteiger partial charge in [0.15, 0.2) is 0 Å². The highest BCUT2D eigenvalue weighted by molar-refractivity contribution is 5.83. The molecule has 0 saturated heterocycles. The number of rotatable bonds is 2. The number of para-hydroxylation sites is 1. The summed E-state index contributed by atoms with van der Waals surface area (Å²) < 4.78 is 13.3. The number of aromatic nitrogens is 1. The Morgan fingerprint density at radius 3 is 3.00 bits per heavy atom. The second-order valence-electron chi connectivity index (χ2n) is 4.12. The Morgan fingerprint density at radius 2 is 2.21 bits per heavy atom. The molecule has 1 N–H and O–H groups in total. The fraction of sp³-hybridized carbons (Fsp3) is 0.333. The molecule has 1 heterocycles. The Kier molecular flexibility index (Phi) is 1.63. The van der Waals surface area contributed by atoms with Crippen LogP contribution in [0.2, 0.25) is 0 Å². The minimum absolute atomic E-state index is 0.149. The predicted molar refractivity (Wildman–Crippen MR) is 54.7 cm³/mol. The third kappa shape index (κ3) is 1.22. The van der Waals surface area contributed by atoms with Gasteiger partial charge in [0, 0.05) is 11.6 Å². The van der Waals surface area contributed by atoms with Gasteiger partial charge in [-0.15, -0.1) is 0 Å². The van der Waals surface area contributed by atoms with E-state index in [1.54, 1.807) is 6.07 Å². The first-order valence-corrected chi connectivity index (χ1v) is 5.09. The van der Waals surface area contributed by atoms with Crippen LogP contribution >= 0.6 is 0 Å². The molecule has 1 aromatic carbocycles. The molecule has 0 atom stereocenters. The molecule has 1 aromatic heterocycles. The normalized spacial score (nSPS) is 16.4. The third-order valence-electron chi connectivity index (χ3n) is 2.96. The molecule has 3 rings (SSSR count). The molecular formula is C12H12FN. The monoisotopic (exact) mass is 189 g/mol. The van der Waals surface area contributed by atoms with E-state index in [-0.39, 0.29) is 5.82 Å². The molecule has 0 amide bonds. The van der Waals surface area contributed by atoms with Gasteiger partial charge in [-0.1, -0.05) is 12.1 Å². The largest absolute Gasteiger partial charge is 0.359 e. The molecule has 14 heavy (non-hydrogen) atoms. The first-order valence-electron chi connectivity index (χ1n) is 5.09. The molecule has 1 nitrogen and oxygen atoms in total. The van der Waals surface area contributed by atoms with Gasteiger partial charge in [-0.3, -0.25) is 0 Å². The van der Waals surface area contributed by atoms with Crippen molar-refractivity contribution in [3.05, 3.63) is 35.8 Å². The van der Waals surface area contributed by atoms with Crippen molar-refractivity contribution in [1.82, 2.24) is 4.98 Å². The first-order chi connectivity index (χ1) is 6.84. The molecule has 72 valence electrons. The van der Waals surface area contributed by atoms with Crippen LogP contribution < -0.4 is 0 Å². The standard InChI is InChI=1S/C12H12FN/c13-11-3-1-2-10-9(6-8-4-5-8)7-14-12(10)11/h1-3,7-8,14H,4-6H2. The van der Waals surface area contributed by atoms with Crippen LogP contribution in [-0.2, 0) is 6.42 Å². The average Bonchev–Trinajstić information content (AvgIpc) is 2.88. The molecule has 2 aromatic rings. The zero-order valence-electron chi connectivity index (χ0n) is 7.89. The van der Waals surface area contributed by atoms with Gasteiger partial charge in [-0.05, 0) is 36.8 Å². The van der Waals surface area contributed by atoms with Crippen molar-refractivity contribution in [1.29, 1.82) is 0 Å². The summed E-state index contributed by atoms with van der Waals surface area (Å²) in [5.41, 5.74) is 1.92. The number of H-pyrrole nitrogens is 1. The quantitative estimate of drug-likeness (QED) is 0.746. The minimum atomic E-state index is -0.149. The van der Waals surface area contributed by atoms with Gasteiger partial charge in [0.1, 0.15) is 5.82 Å². The number of benzene rings is 1. The van der Waals surface area contributed by atoms with Crippen molar-refractivity contribution >= 4 is 10.9 Å². The molecule has 0 bridgehead atoms. The number of aromatic amines is 1. The van der Waals surface area contributed by atoms with Gasteiger partial charge >= 0.3 is 0 Å². The summed E-state index contributed by atoms with van der Waals surface area (Å²) in [6.45, 7) is 0. The molecule has 0 radical (unpaired) electrons. The van der Waals surface area contributed by atoms with Crippen molar-refractivity contribution in [3.63, 3.8) is 0 Å². The van der Waals surface area contributed by atoms with Gasteiger partial charge in [-0.25, -0.2) is 4.39 Å². The molecule has 0 unspecified atom stereocenters. The zero-order chi connectivity index (χ0) is 9.54. The third-order valence-corrected chi connectivity index (χ3v) is 2.96. The molecule has 1 fully saturated rings. The first kappa shape index (κ1) is 8.04. The fourth-order valence-corrected chi connectivity index (χ4v) is 1.98. The SMILES string of the molecule is Fc1cccc2c(CC3CC3)c[nH]c12. The van der Waals surface area contributed by atoms with E-state index in [1.165, 1.54) is 24.5 Å². The van der Waals surface area contributed by atoms with E-state index in [0.717, 1.165) is 17.7 Å². The lowest BCUT2D eigenvalue weighted by Crippen LogP contribution is -1.84. The highest BCUT2D eigenvalue weighted by Gasteiger charge is 2.22. The number of hydrogen-bond acceptors (Lipinski definition) is 0. The Hall–Kier alpha value is -1.31. The van der Waals surface area contributed by atoms with Crippen molar-refractivity contribution in [2.75, 3.05) is 0 Å². The summed E-state index contributed by atoms with van der Waals surface area (Å²) in [6, 6.07) is 5.27. The zero-order valence-corrected chi connectivity index (χ0v) is 7.89. The Morgan fingerprint density at radius 1 is 1.36 bits per heavy atom. The minimum Gasteiger partial charge on any atom is -0.359 e. The van der Waals surface area contributed by atoms with Crippen molar-refractivity contribution in [2.24, 2.45) is 5.92 Å². The van der Waals surface area contributed by atoms with Gasteiger partial charge in [-0.2, -0.15) is 0 Å². The molecule has 2 heteroatoms. The molecule has 1 saturated carbocycles. The van der Waals surface area contributed by atoms with Crippen LogP contribution in [0, 0.1) is 11.7 Å². The van der Waals surface area contributed by atoms with Crippen LogP contribution in [0.1, 0.15) is 18.4 Å². The smallest absolute Gasteiger partial charge is 0.147 e. The lowest BCUT2D eigenvalue weighted by molar-refractivity contribution is 0.637. The van der Waals surface area contributed by atoms with E-state index in [1.807, 2.05) is 12.3 Å². The summed E-state index contributed by atoms with van der Waals surface area (Å²) >= 11 is 0. The van der Waals surface area contributed by atoms with E-state index in [4.69, 9.17) is 0 Å². The summed E-state index contributed by atoms with van der Waals surface area (Å²) in [6.07, 6.45) is 5.72.